The van der Waals surface area contributed by atoms with Crippen LogP contribution < -0.4 is 11.5 Å². The van der Waals surface area contributed by atoms with E-state index in [1.54, 1.807) is 6.07 Å². The predicted octanol–water partition coefficient (Wildman–Crippen LogP) is 1.63. The number of primary amides is 1. The molecule has 0 saturated carbocycles. The van der Waals surface area contributed by atoms with Crippen LogP contribution in [0.25, 0.3) is 0 Å². The number of rotatable bonds is 1. The van der Waals surface area contributed by atoms with Crippen LogP contribution in [0.4, 0.5) is 5.69 Å². The van der Waals surface area contributed by atoms with Gasteiger partial charge in [-0.3, -0.25) is 4.79 Å². The van der Waals surface area contributed by atoms with Crippen LogP contribution in [0, 0.1) is 3.57 Å². The molecule has 0 fully saturated rings. The summed E-state index contributed by atoms with van der Waals surface area (Å²) in [6, 6.07) is 3.13. The molecule has 0 atom stereocenters. The average molecular weight is 296 g/mol. The number of hydrogen-bond acceptors (Lipinski definition) is 2. The highest BCUT2D eigenvalue weighted by molar-refractivity contribution is 14.1. The molecule has 0 radical (unpaired) electrons. The van der Waals surface area contributed by atoms with Crippen molar-refractivity contribution in [2.24, 2.45) is 5.73 Å². The molecule has 64 valence electrons. The molecule has 0 unspecified atom stereocenters. The van der Waals surface area contributed by atoms with Crippen LogP contribution in [0.3, 0.4) is 0 Å². The third-order valence-corrected chi connectivity index (χ3v) is 2.47. The summed E-state index contributed by atoms with van der Waals surface area (Å²) in [5.41, 5.74) is 11.3. The Kier molecular flexibility index (Phi) is 2.79. The number of carbonyl (C=O) groups is 1. The molecule has 0 aliphatic rings. The third kappa shape index (κ3) is 1.81. The molecule has 1 aromatic rings. The molecule has 0 aromatic heterocycles. The summed E-state index contributed by atoms with van der Waals surface area (Å²) in [7, 11) is 0. The fraction of sp³-hybridized carbons (Fsp3) is 0. The van der Waals surface area contributed by atoms with E-state index in [-0.39, 0.29) is 5.56 Å². The summed E-state index contributed by atoms with van der Waals surface area (Å²) in [5, 5.41) is 0.461. The zero-order chi connectivity index (χ0) is 9.30. The summed E-state index contributed by atoms with van der Waals surface area (Å²) < 4.78 is 0.730. The highest BCUT2D eigenvalue weighted by atomic mass is 127. The van der Waals surface area contributed by atoms with Crippen molar-refractivity contribution in [1.29, 1.82) is 0 Å². The van der Waals surface area contributed by atoms with Gasteiger partial charge in [-0.1, -0.05) is 11.6 Å². The van der Waals surface area contributed by atoms with Gasteiger partial charge in [0.1, 0.15) is 0 Å². The van der Waals surface area contributed by atoms with Crippen molar-refractivity contribution in [2.45, 2.75) is 0 Å². The third-order valence-electron chi connectivity index (χ3n) is 1.36. The van der Waals surface area contributed by atoms with Crippen LogP contribution in [-0.2, 0) is 0 Å². The fourth-order valence-corrected chi connectivity index (χ4v) is 1.82. The lowest BCUT2D eigenvalue weighted by atomic mass is 10.2. The van der Waals surface area contributed by atoms with Gasteiger partial charge in [-0.05, 0) is 34.7 Å². The fourth-order valence-electron chi connectivity index (χ4n) is 0.789. The van der Waals surface area contributed by atoms with Crippen LogP contribution in [0.2, 0.25) is 5.02 Å². The van der Waals surface area contributed by atoms with Gasteiger partial charge in [0.15, 0.2) is 0 Å². The first-order valence-corrected chi connectivity index (χ1v) is 4.52. The van der Waals surface area contributed by atoms with E-state index in [1.165, 1.54) is 6.07 Å². The van der Waals surface area contributed by atoms with E-state index in [0.717, 1.165) is 3.57 Å². The molecule has 1 aromatic carbocycles. The summed E-state index contributed by atoms with van der Waals surface area (Å²) in [6.07, 6.45) is 0. The van der Waals surface area contributed by atoms with Crippen molar-refractivity contribution < 1.29 is 4.79 Å². The Morgan fingerprint density at radius 1 is 1.50 bits per heavy atom. The van der Waals surface area contributed by atoms with Crippen molar-refractivity contribution >= 4 is 45.8 Å². The van der Waals surface area contributed by atoms with Gasteiger partial charge in [-0.15, -0.1) is 0 Å². The summed E-state index contributed by atoms with van der Waals surface area (Å²) in [6.45, 7) is 0. The van der Waals surface area contributed by atoms with Crippen LogP contribution >= 0.6 is 34.2 Å². The minimum Gasteiger partial charge on any atom is -0.397 e. The number of benzene rings is 1. The van der Waals surface area contributed by atoms with Gasteiger partial charge in [-0.25, -0.2) is 0 Å². The van der Waals surface area contributed by atoms with Gasteiger partial charge >= 0.3 is 0 Å². The Hall–Kier alpha value is -0.490. The molecule has 0 saturated heterocycles. The van der Waals surface area contributed by atoms with Gasteiger partial charge in [0, 0.05) is 8.59 Å². The lowest BCUT2D eigenvalue weighted by molar-refractivity contribution is 0.100. The van der Waals surface area contributed by atoms with Gasteiger partial charge in [0.2, 0.25) is 0 Å². The number of nitrogens with two attached hydrogens (primary N) is 2. The second kappa shape index (κ2) is 3.49. The highest BCUT2D eigenvalue weighted by Gasteiger charge is 2.09. The zero-order valence-corrected chi connectivity index (χ0v) is 8.89. The Morgan fingerprint density at radius 3 is 2.58 bits per heavy atom. The quantitative estimate of drug-likeness (QED) is 0.611. The minimum absolute atomic E-state index is 0.270. The van der Waals surface area contributed by atoms with Crippen molar-refractivity contribution in [3.05, 3.63) is 26.3 Å². The van der Waals surface area contributed by atoms with Crippen molar-refractivity contribution in [3.8, 4) is 0 Å². The molecule has 4 N–H and O–H groups in total. The van der Waals surface area contributed by atoms with Crippen molar-refractivity contribution in [1.82, 2.24) is 0 Å². The smallest absolute Gasteiger partial charge is 0.250 e. The normalized spacial score (nSPS) is 9.83. The average Bonchev–Trinajstić information content (AvgIpc) is 1.96. The molecule has 1 rings (SSSR count). The monoisotopic (exact) mass is 296 g/mol. The number of hydrogen-bond donors (Lipinski definition) is 2. The van der Waals surface area contributed by atoms with Crippen molar-refractivity contribution in [2.75, 3.05) is 5.73 Å². The van der Waals surface area contributed by atoms with Gasteiger partial charge < -0.3 is 11.5 Å². The van der Waals surface area contributed by atoms with Gasteiger partial charge in [0.25, 0.3) is 5.91 Å². The summed E-state index contributed by atoms with van der Waals surface area (Å²) in [5.74, 6) is -0.562. The number of anilines is 1. The van der Waals surface area contributed by atoms with E-state index in [4.69, 9.17) is 23.1 Å². The lowest BCUT2D eigenvalue weighted by Crippen LogP contribution is -2.14. The van der Waals surface area contributed by atoms with Crippen LogP contribution in [0.5, 0.6) is 0 Å². The first-order chi connectivity index (χ1) is 5.52. The van der Waals surface area contributed by atoms with Crippen LogP contribution in [0.15, 0.2) is 12.1 Å². The van der Waals surface area contributed by atoms with E-state index in [2.05, 4.69) is 0 Å². The second-order valence-electron chi connectivity index (χ2n) is 2.21. The number of halogens is 2. The van der Waals surface area contributed by atoms with E-state index in [1.807, 2.05) is 22.6 Å². The van der Waals surface area contributed by atoms with E-state index < -0.39 is 5.91 Å². The Morgan fingerprint density at radius 2 is 2.08 bits per heavy atom. The van der Waals surface area contributed by atoms with Crippen LogP contribution in [0.1, 0.15) is 10.4 Å². The van der Waals surface area contributed by atoms with E-state index >= 15 is 0 Å². The standard InChI is InChI=1S/C7H6ClIN2O/c8-3-1-4(7(11)12)6(10)5(9)2-3/h1-2H,10H2,(H2,11,12). The summed E-state index contributed by atoms with van der Waals surface area (Å²) >= 11 is 7.69. The highest BCUT2D eigenvalue weighted by Crippen LogP contribution is 2.24. The van der Waals surface area contributed by atoms with Crippen LogP contribution in [-0.4, -0.2) is 5.91 Å². The SMILES string of the molecule is NC(=O)c1cc(Cl)cc(I)c1N. The zero-order valence-electron chi connectivity index (χ0n) is 5.97. The van der Waals surface area contributed by atoms with Gasteiger partial charge in [0.05, 0.1) is 11.3 Å². The molecule has 3 nitrogen and oxygen atoms in total. The molecular weight excluding hydrogens is 290 g/mol. The molecule has 0 heterocycles. The van der Waals surface area contributed by atoms with Gasteiger partial charge in [-0.2, -0.15) is 0 Å². The molecule has 5 heteroatoms. The molecular formula is C7H6ClIN2O. The van der Waals surface area contributed by atoms with E-state index in [9.17, 15) is 4.79 Å². The minimum atomic E-state index is -0.562. The maximum Gasteiger partial charge on any atom is 0.250 e. The molecule has 0 aliphatic carbocycles. The number of amides is 1. The maximum absolute atomic E-state index is 10.8. The number of nitrogen functional groups attached to an aromatic ring is 1. The Bertz CT molecular complexity index is 340. The number of carbonyl (C=O) groups excluding carboxylic acids is 1. The topological polar surface area (TPSA) is 69.1 Å². The van der Waals surface area contributed by atoms with E-state index in [0.29, 0.717) is 10.7 Å². The molecule has 0 spiro atoms. The largest absolute Gasteiger partial charge is 0.397 e. The maximum atomic E-state index is 10.8. The second-order valence-corrected chi connectivity index (χ2v) is 3.81. The van der Waals surface area contributed by atoms with Crippen molar-refractivity contribution in [3.63, 3.8) is 0 Å². The molecule has 12 heavy (non-hydrogen) atoms. The molecule has 1 amide bonds. The summed E-state index contributed by atoms with van der Waals surface area (Å²) in [4.78, 5) is 10.8. The Balaban J connectivity index is 3.37. The molecule has 0 bridgehead atoms. The Labute approximate surface area is 88.2 Å². The predicted molar refractivity (Wildman–Crippen MR) is 57.1 cm³/mol. The first kappa shape index (κ1) is 9.60. The first-order valence-electron chi connectivity index (χ1n) is 3.06. The molecule has 0 aliphatic heterocycles. The lowest BCUT2D eigenvalue weighted by Gasteiger charge is -2.04.